The lowest BCUT2D eigenvalue weighted by Crippen LogP contribution is -2.28. The van der Waals surface area contributed by atoms with Gasteiger partial charge < -0.3 is 11.1 Å². The maximum atomic E-state index is 11.6. The zero-order valence-electron chi connectivity index (χ0n) is 10.1. The van der Waals surface area contributed by atoms with Crippen LogP contribution in [-0.4, -0.2) is 10.9 Å². The van der Waals surface area contributed by atoms with Gasteiger partial charge in [-0.05, 0) is 17.7 Å². The molecule has 0 radical (unpaired) electrons. The first kappa shape index (κ1) is 12.6. The molecule has 0 saturated heterocycles. The standard InChI is InChI=1S/C14H12N4O/c15-9-11-7-4-8-17-14(11)18-12(13(16)19)10-5-2-1-3-6-10/h1-8,12H,(H2,16,19)(H,17,18). The van der Waals surface area contributed by atoms with Crippen molar-refractivity contribution in [3.63, 3.8) is 0 Å². The third-order valence-electron chi connectivity index (χ3n) is 2.63. The Morgan fingerprint density at radius 1 is 1.26 bits per heavy atom. The predicted octanol–water partition coefficient (Wildman–Crippen LogP) is 1.59. The molecule has 3 N–H and O–H groups in total. The molecule has 0 saturated carbocycles. The number of aromatic nitrogens is 1. The second kappa shape index (κ2) is 5.65. The number of hydrogen-bond acceptors (Lipinski definition) is 4. The molecule has 1 heterocycles. The van der Waals surface area contributed by atoms with E-state index in [0.29, 0.717) is 11.4 Å². The van der Waals surface area contributed by atoms with Crippen LogP contribution in [0.15, 0.2) is 48.7 Å². The SMILES string of the molecule is N#Cc1cccnc1NC(C(N)=O)c1ccccc1. The molecule has 2 rings (SSSR count). The molecule has 1 aromatic carbocycles. The molecule has 0 fully saturated rings. The number of amides is 1. The first-order chi connectivity index (χ1) is 9.22. The highest BCUT2D eigenvalue weighted by Gasteiger charge is 2.18. The van der Waals surface area contributed by atoms with E-state index in [9.17, 15) is 4.79 Å². The molecule has 1 atom stereocenters. The lowest BCUT2D eigenvalue weighted by atomic mass is 10.1. The molecule has 0 bridgehead atoms. The first-order valence-corrected chi connectivity index (χ1v) is 5.68. The Kier molecular flexibility index (Phi) is 3.74. The summed E-state index contributed by atoms with van der Waals surface area (Å²) in [5.41, 5.74) is 6.49. The molecule has 1 amide bonds. The van der Waals surface area contributed by atoms with Crippen molar-refractivity contribution in [3.8, 4) is 6.07 Å². The predicted molar refractivity (Wildman–Crippen MR) is 71.0 cm³/mol. The van der Waals surface area contributed by atoms with E-state index < -0.39 is 11.9 Å². The van der Waals surface area contributed by atoms with Crippen LogP contribution in [0.3, 0.4) is 0 Å². The quantitative estimate of drug-likeness (QED) is 0.864. The Morgan fingerprint density at radius 3 is 2.63 bits per heavy atom. The zero-order valence-corrected chi connectivity index (χ0v) is 10.1. The van der Waals surface area contributed by atoms with Gasteiger partial charge in [-0.2, -0.15) is 5.26 Å². The average Bonchev–Trinajstić information content (AvgIpc) is 2.45. The van der Waals surface area contributed by atoms with Gasteiger partial charge in [0.05, 0.1) is 5.56 Å². The molecule has 1 aromatic heterocycles. The van der Waals surface area contributed by atoms with E-state index in [4.69, 9.17) is 11.0 Å². The van der Waals surface area contributed by atoms with E-state index in [0.717, 1.165) is 5.56 Å². The fraction of sp³-hybridized carbons (Fsp3) is 0.0714. The molecule has 0 aliphatic heterocycles. The second-order valence-electron chi connectivity index (χ2n) is 3.90. The van der Waals surface area contributed by atoms with E-state index in [1.165, 1.54) is 0 Å². The molecule has 5 nitrogen and oxygen atoms in total. The van der Waals surface area contributed by atoms with Gasteiger partial charge in [-0.3, -0.25) is 4.79 Å². The smallest absolute Gasteiger partial charge is 0.244 e. The number of nitrogens with one attached hydrogen (secondary N) is 1. The van der Waals surface area contributed by atoms with E-state index in [1.807, 2.05) is 24.3 Å². The number of benzene rings is 1. The number of anilines is 1. The third kappa shape index (κ3) is 2.87. The van der Waals surface area contributed by atoms with Crippen molar-refractivity contribution in [2.45, 2.75) is 6.04 Å². The minimum absolute atomic E-state index is 0.345. The summed E-state index contributed by atoms with van der Waals surface area (Å²) in [7, 11) is 0. The van der Waals surface area contributed by atoms with Crippen molar-refractivity contribution < 1.29 is 4.79 Å². The van der Waals surface area contributed by atoms with Crippen molar-refractivity contribution in [1.29, 1.82) is 5.26 Å². The zero-order chi connectivity index (χ0) is 13.7. The molecule has 94 valence electrons. The summed E-state index contributed by atoms with van der Waals surface area (Å²) in [6.07, 6.45) is 1.55. The maximum Gasteiger partial charge on any atom is 0.244 e. The van der Waals surface area contributed by atoms with Crippen LogP contribution in [0.25, 0.3) is 0 Å². The Morgan fingerprint density at radius 2 is 2.00 bits per heavy atom. The Labute approximate surface area is 110 Å². The number of pyridine rings is 1. The first-order valence-electron chi connectivity index (χ1n) is 5.68. The summed E-state index contributed by atoms with van der Waals surface area (Å²) >= 11 is 0. The fourth-order valence-corrected chi connectivity index (χ4v) is 1.71. The van der Waals surface area contributed by atoms with Gasteiger partial charge in [0.15, 0.2) is 0 Å². The number of primary amides is 1. The van der Waals surface area contributed by atoms with E-state index in [1.54, 1.807) is 30.5 Å². The van der Waals surface area contributed by atoms with Gasteiger partial charge in [0.2, 0.25) is 5.91 Å². The average molecular weight is 252 g/mol. The van der Waals surface area contributed by atoms with E-state index in [2.05, 4.69) is 10.3 Å². The molecule has 0 aliphatic carbocycles. The largest absolute Gasteiger partial charge is 0.368 e. The Balaban J connectivity index is 2.33. The van der Waals surface area contributed by atoms with E-state index >= 15 is 0 Å². The molecular formula is C14H12N4O. The number of carbonyl (C=O) groups is 1. The van der Waals surface area contributed by atoms with Crippen molar-refractivity contribution in [3.05, 3.63) is 59.8 Å². The minimum atomic E-state index is -0.719. The molecule has 2 aromatic rings. The van der Waals surface area contributed by atoms with Crippen LogP contribution in [-0.2, 0) is 4.79 Å². The lowest BCUT2D eigenvalue weighted by molar-refractivity contribution is -0.118. The highest BCUT2D eigenvalue weighted by atomic mass is 16.1. The summed E-state index contributed by atoms with van der Waals surface area (Å²) in [5, 5.41) is 11.9. The molecular weight excluding hydrogens is 240 g/mol. The van der Waals surface area contributed by atoms with Gasteiger partial charge in [0, 0.05) is 6.20 Å². The summed E-state index contributed by atoms with van der Waals surface area (Å²) < 4.78 is 0. The van der Waals surface area contributed by atoms with Gasteiger partial charge in [0.25, 0.3) is 0 Å². The highest BCUT2D eigenvalue weighted by Crippen LogP contribution is 2.20. The topological polar surface area (TPSA) is 91.8 Å². The van der Waals surface area contributed by atoms with Crippen LogP contribution in [0, 0.1) is 11.3 Å². The van der Waals surface area contributed by atoms with Crippen molar-refractivity contribution in [2.75, 3.05) is 5.32 Å². The summed E-state index contributed by atoms with van der Waals surface area (Å²) in [6.45, 7) is 0. The van der Waals surface area contributed by atoms with Gasteiger partial charge in [-0.15, -0.1) is 0 Å². The normalized spacial score (nSPS) is 11.3. The van der Waals surface area contributed by atoms with Crippen molar-refractivity contribution >= 4 is 11.7 Å². The summed E-state index contributed by atoms with van der Waals surface area (Å²) in [6, 6.07) is 13.6. The lowest BCUT2D eigenvalue weighted by Gasteiger charge is -2.16. The van der Waals surface area contributed by atoms with Gasteiger partial charge in [-0.25, -0.2) is 4.98 Å². The van der Waals surface area contributed by atoms with Gasteiger partial charge >= 0.3 is 0 Å². The van der Waals surface area contributed by atoms with Crippen molar-refractivity contribution in [2.24, 2.45) is 5.73 Å². The van der Waals surface area contributed by atoms with Crippen LogP contribution in [0.2, 0.25) is 0 Å². The van der Waals surface area contributed by atoms with Gasteiger partial charge in [-0.1, -0.05) is 30.3 Å². The molecule has 1 unspecified atom stereocenters. The number of hydrogen-bond donors (Lipinski definition) is 2. The van der Waals surface area contributed by atoms with Crippen LogP contribution in [0.4, 0.5) is 5.82 Å². The fourth-order valence-electron chi connectivity index (χ4n) is 1.71. The molecule has 19 heavy (non-hydrogen) atoms. The highest BCUT2D eigenvalue weighted by molar-refractivity contribution is 5.84. The molecule has 0 aliphatic rings. The monoisotopic (exact) mass is 252 g/mol. The number of nitriles is 1. The maximum absolute atomic E-state index is 11.6. The number of rotatable bonds is 4. The Bertz CT molecular complexity index is 619. The Hall–Kier alpha value is -2.87. The molecule has 0 spiro atoms. The number of nitrogens with two attached hydrogens (primary N) is 1. The van der Waals surface area contributed by atoms with Crippen LogP contribution < -0.4 is 11.1 Å². The van der Waals surface area contributed by atoms with Crippen LogP contribution in [0.1, 0.15) is 17.2 Å². The van der Waals surface area contributed by atoms with Crippen LogP contribution in [0.5, 0.6) is 0 Å². The number of carbonyl (C=O) groups excluding carboxylic acids is 1. The number of nitrogens with zero attached hydrogens (tertiary/aromatic N) is 2. The van der Waals surface area contributed by atoms with Crippen molar-refractivity contribution in [1.82, 2.24) is 4.98 Å². The van der Waals surface area contributed by atoms with Gasteiger partial charge in [0.1, 0.15) is 17.9 Å². The van der Waals surface area contributed by atoms with E-state index in [-0.39, 0.29) is 0 Å². The third-order valence-corrected chi connectivity index (χ3v) is 2.63. The summed E-state index contributed by atoms with van der Waals surface area (Å²) in [5.74, 6) is -0.182. The second-order valence-corrected chi connectivity index (χ2v) is 3.90. The van der Waals surface area contributed by atoms with Crippen LogP contribution >= 0.6 is 0 Å². The minimum Gasteiger partial charge on any atom is -0.368 e. The summed E-state index contributed by atoms with van der Waals surface area (Å²) in [4.78, 5) is 15.6. The molecule has 5 heteroatoms.